The predicted molar refractivity (Wildman–Crippen MR) is 201 cm³/mol. The summed E-state index contributed by atoms with van der Waals surface area (Å²) in [6.07, 6.45) is 7.86. The highest BCUT2D eigenvalue weighted by atomic mass is 19.1. The molecule has 1 amide bonds. The summed E-state index contributed by atoms with van der Waals surface area (Å²) in [5.41, 5.74) is 1.20. The Hall–Kier alpha value is -4.06. The first-order valence-electron chi connectivity index (χ1n) is 19.4. The van der Waals surface area contributed by atoms with E-state index >= 15 is 4.39 Å². The Kier molecular flexibility index (Phi) is 8.91. The Morgan fingerprint density at radius 1 is 0.923 bits per heavy atom. The predicted octanol–water partition coefficient (Wildman–Crippen LogP) is 5.51. The van der Waals surface area contributed by atoms with Crippen LogP contribution in [-0.2, 0) is 4.79 Å². The number of carbonyl (C=O) groups is 1. The maximum atomic E-state index is 17.0. The number of likely N-dealkylation sites (N-methyl/N-ethyl adjacent to an activating group) is 1. The summed E-state index contributed by atoms with van der Waals surface area (Å²) in [5, 5.41) is 12.9. The van der Waals surface area contributed by atoms with Gasteiger partial charge in [0.05, 0.1) is 5.54 Å². The number of aromatic nitrogens is 2. The average molecular weight is 708 g/mol. The molecule has 5 fully saturated rings. The van der Waals surface area contributed by atoms with Gasteiger partial charge in [-0.3, -0.25) is 9.69 Å². The number of hydrogen-bond acceptors (Lipinski definition) is 9. The summed E-state index contributed by atoms with van der Waals surface area (Å²) >= 11 is 0. The van der Waals surface area contributed by atoms with Crippen LogP contribution in [0.5, 0.6) is 11.8 Å². The van der Waals surface area contributed by atoms with Crippen molar-refractivity contribution in [1.29, 1.82) is 0 Å². The number of benzene rings is 3. The van der Waals surface area contributed by atoms with Gasteiger partial charge in [-0.25, -0.2) is 4.39 Å². The topological polar surface area (TPSA) is 88.5 Å². The molecule has 5 aliphatic heterocycles. The van der Waals surface area contributed by atoms with Crippen LogP contribution in [0.25, 0.3) is 32.8 Å². The quantitative estimate of drug-likeness (QED) is 0.242. The van der Waals surface area contributed by atoms with Gasteiger partial charge >= 0.3 is 6.01 Å². The first-order valence-corrected chi connectivity index (χ1v) is 19.4. The number of phenols is 1. The van der Waals surface area contributed by atoms with Crippen molar-refractivity contribution in [2.24, 2.45) is 0 Å². The molecule has 274 valence electrons. The second-order valence-electron chi connectivity index (χ2n) is 15.9. The summed E-state index contributed by atoms with van der Waals surface area (Å²) in [4.78, 5) is 35.2. The number of fused-ring (bicyclic) bond motifs is 5. The number of piperazine rings is 2. The largest absolute Gasteiger partial charge is 0.508 e. The molecule has 2 atom stereocenters. The first kappa shape index (κ1) is 33.8. The van der Waals surface area contributed by atoms with Gasteiger partial charge in [-0.2, -0.15) is 9.97 Å². The van der Waals surface area contributed by atoms with E-state index in [1.807, 2.05) is 30.3 Å². The molecule has 6 heterocycles. The second-order valence-corrected chi connectivity index (χ2v) is 15.9. The van der Waals surface area contributed by atoms with E-state index in [-0.39, 0.29) is 40.8 Å². The van der Waals surface area contributed by atoms with Crippen molar-refractivity contribution in [1.82, 2.24) is 29.6 Å². The Balaban J connectivity index is 1.02. The van der Waals surface area contributed by atoms with E-state index in [4.69, 9.17) is 14.7 Å². The molecular weight excluding hydrogens is 657 g/mol. The fraction of sp³-hybridized carbons (Fsp3) is 0.537. The smallest absolute Gasteiger partial charge is 0.319 e. The van der Waals surface area contributed by atoms with Crippen molar-refractivity contribution in [2.75, 3.05) is 77.5 Å². The molecule has 4 aromatic rings. The van der Waals surface area contributed by atoms with E-state index in [1.165, 1.54) is 0 Å². The number of carbonyl (C=O) groups excluding carboxylic acids is 1. The van der Waals surface area contributed by atoms with Crippen LogP contribution in [-0.4, -0.2) is 131 Å². The molecule has 3 aromatic carbocycles. The Morgan fingerprint density at radius 3 is 2.44 bits per heavy atom. The average Bonchev–Trinajstić information content (AvgIpc) is 3.82. The molecule has 11 heteroatoms. The summed E-state index contributed by atoms with van der Waals surface area (Å²) in [7, 11) is 2.17. The zero-order chi connectivity index (χ0) is 35.4. The normalized spacial score (nSPS) is 23.6. The minimum Gasteiger partial charge on any atom is -0.508 e. The maximum absolute atomic E-state index is 17.0. The van der Waals surface area contributed by atoms with E-state index in [1.54, 1.807) is 18.2 Å². The lowest BCUT2D eigenvalue weighted by Crippen LogP contribution is -2.56. The minimum absolute atomic E-state index is 0.00516. The zero-order valence-electron chi connectivity index (χ0n) is 30.3. The molecule has 1 aromatic heterocycles. The molecule has 2 unspecified atom stereocenters. The van der Waals surface area contributed by atoms with Crippen LogP contribution in [0.3, 0.4) is 0 Å². The second kappa shape index (κ2) is 13.7. The van der Waals surface area contributed by atoms with Crippen LogP contribution >= 0.6 is 0 Å². The molecule has 0 saturated carbocycles. The summed E-state index contributed by atoms with van der Waals surface area (Å²) in [5.74, 6) is 0.543. The van der Waals surface area contributed by atoms with E-state index in [9.17, 15) is 9.90 Å². The van der Waals surface area contributed by atoms with Gasteiger partial charge in [0.1, 0.15) is 23.7 Å². The van der Waals surface area contributed by atoms with E-state index in [2.05, 4.69) is 31.5 Å². The van der Waals surface area contributed by atoms with Gasteiger partial charge in [0.2, 0.25) is 5.91 Å². The van der Waals surface area contributed by atoms with Crippen LogP contribution in [0.15, 0.2) is 48.5 Å². The molecule has 2 bridgehead atoms. The number of phenolic OH excluding ortho intramolecular Hbond substituents is 1. The third-order valence-electron chi connectivity index (χ3n) is 12.7. The lowest BCUT2D eigenvalue weighted by atomic mass is 9.95. The van der Waals surface area contributed by atoms with E-state index < -0.39 is 5.82 Å². The Morgan fingerprint density at radius 2 is 1.67 bits per heavy atom. The van der Waals surface area contributed by atoms with Crippen molar-refractivity contribution in [3.05, 3.63) is 54.3 Å². The third kappa shape index (κ3) is 6.14. The molecule has 0 aliphatic carbocycles. The fourth-order valence-electron chi connectivity index (χ4n) is 9.95. The van der Waals surface area contributed by atoms with Gasteiger partial charge in [-0.15, -0.1) is 0 Å². The lowest BCUT2D eigenvalue weighted by Gasteiger charge is -2.42. The number of ether oxygens (including phenoxy) is 1. The number of amides is 1. The van der Waals surface area contributed by atoms with Crippen LogP contribution in [0.1, 0.15) is 51.4 Å². The zero-order valence-corrected chi connectivity index (χ0v) is 30.3. The van der Waals surface area contributed by atoms with Crippen molar-refractivity contribution in [3.8, 4) is 22.9 Å². The highest BCUT2D eigenvalue weighted by molar-refractivity contribution is 6.01. The minimum atomic E-state index is -0.458. The maximum Gasteiger partial charge on any atom is 0.319 e. The molecule has 0 radical (unpaired) electrons. The summed E-state index contributed by atoms with van der Waals surface area (Å²) in [6, 6.07) is 15.1. The lowest BCUT2D eigenvalue weighted by molar-refractivity contribution is -0.134. The molecule has 1 N–H and O–H groups in total. The van der Waals surface area contributed by atoms with Crippen molar-refractivity contribution < 1.29 is 19.0 Å². The van der Waals surface area contributed by atoms with E-state index in [0.717, 1.165) is 102 Å². The highest BCUT2D eigenvalue weighted by Gasteiger charge is 2.46. The van der Waals surface area contributed by atoms with Crippen LogP contribution in [0.4, 0.5) is 10.2 Å². The van der Waals surface area contributed by atoms with Gasteiger partial charge in [0, 0.05) is 68.7 Å². The Labute approximate surface area is 305 Å². The number of nitrogens with zero attached hydrogens (tertiary/aromatic N) is 7. The molecule has 5 saturated heterocycles. The number of aromatic hydroxyl groups is 1. The molecule has 52 heavy (non-hydrogen) atoms. The van der Waals surface area contributed by atoms with E-state index in [0.29, 0.717) is 48.4 Å². The number of hydrogen-bond donors (Lipinski definition) is 1. The summed E-state index contributed by atoms with van der Waals surface area (Å²) in [6.45, 7) is 9.22. The highest BCUT2D eigenvalue weighted by Crippen LogP contribution is 2.42. The number of halogens is 1. The van der Waals surface area contributed by atoms with Gasteiger partial charge < -0.3 is 29.4 Å². The van der Waals surface area contributed by atoms with Crippen LogP contribution < -0.4 is 9.64 Å². The standard InChI is InChI=1S/C41H50FN7O3/c1-45-19-21-46(22-20-45)16-4-9-36(51)49-29-10-11-30(49)26-47(25-29)39-34-13-12-33(35-24-31(50)23-28-7-2-3-8-32(28)35)37(42)38(34)43-40(44-39)52-27-41-14-5-17-48(41)18-6-15-41/h2-3,7-8,12-13,23-24,29-30,50H,4-6,9-11,14-22,25-27H2,1H3. The molecule has 9 rings (SSSR count). The van der Waals surface area contributed by atoms with Crippen molar-refractivity contribution in [3.63, 3.8) is 0 Å². The molecule has 10 nitrogen and oxygen atoms in total. The van der Waals surface area contributed by atoms with Crippen molar-refractivity contribution in [2.45, 2.75) is 69.0 Å². The van der Waals surface area contributed by atoms with Crippen molar-refractivity contribution >= 4 is 33.4 Å². The fourth-order valence-corrected chi connectivity index (χ4v) is 9.95. The molecular formula is C41H50FN7O3. The molecule has 0 spiro atoms. The number of rotatable bonds is 9. The summed E-state index contributed by atoms with van der Waals surface area (Å²) < 4.78 is 23.5. The third-order valence-corrected chi connectivity index (χ3v) is 12.7. The van der Waals surface area contributed by atoms with Crippen LogP contribution in [0, 0.1) is 5.82 Å². The van der Waals surface area contributed by atoms with Gasteiger partial charge in [0.25, 0.3) is 0 Å². The first-order chi connectivity index (χ1) is 25.3. The SMILES string of the molecule is CN1CCN(CCCC(=O)N2C3CCC2CN(c2nc(OCC45CCCN4CCC5)nc4c(F)c(-c5cc(O)cc6ccccc56)ccc24)C3)CC1. The van der Waals surface area contributed by atoms with Gasteiger partial charge in [-0.1, -0.05) is 30.3 Å². The van der Waals surface area contributed by atoms with Gasteiger partial charge in [0.15, 0.2) is 5.82 Å². The van der Waals surface area contributed by atoms with Gasteiger partial charge in [-0.05, 0) is 106 Å². The Bertz CT molecular complexity index is 1960. The number of anilines is 1. The monoisotopic (exact) mass is 707 g/mol. The van der Waals surface area contributed by atoms with Crippen LogP contribution in [0.2, 0.25) is 0 Å². The molecule has 5 aliphatic rings.